The van der Waals surface area contributed by atoms with Crippen LogP contribution in [-0.4, -0.2) is 42.2 Å². The summed E-state index contributed by atoms with van der Waals surface area (Å²) in [5.41, 5.74) is 2.11. The number of hydrogen-bond acceptors (Lipinski definition) is 5. The summed E-state index contributed by atoms with van der Waals surface area (Å²) in [5.74, 6) is 0. The Morgan fingerprint density at radius 3 is 1.47 bits per heavy atom. The Labute approximate surface area is 200 Å². The number of rotatable bonds is 0. The molecule has 1 aliphatic heterocycles. The van der Waals surface area contributed by atoms with E-state index in [0.717, 1.165) is 42.6 Å². The number of halogens is 3. The molecule has 0 amide bonds. The second-order valence-electron chi connectivity index (χ2n) is 8.49. The van der Waals surface area contributed by atoms with Crippen molar-refractivity contribution in [1.82, 2.24) is 26.3 Å². The first-order valence-corrected chi connectivity index (χ1v) is 14.8. The van der Waals surface area contributed by atoms with Gasteiger partial charge in [0, 0.05) is 55.4 Å². The minimum atomic E-state index is 0.00694. The van der Waals surface area contributed by atoms with Crippen LogP contribution < -0.4 is 21.3 Å². The summed E-state index contributed by atoms with van der Waals surface area (Å²) in [5, 5.41) is 15.9. The van der Waals surface area contributed by atoms with E-state index in [-0.39, 0.29) is 13.1 Å². The molecule has 2 bridgehead atoms. The van der Waals surface area contributed by atoms with Gasteiger partial charge in [0.15, 0.2) is 0 Å². The van der Waals surface area contributed by atoms with Crippen molar-refractivity contribution in [3.63, 3.8) is 0 Å². The fraction of sp³-hybridized carbons (Fsp3) is 0.762. The topological polar surface area (TPSA) is 61.0 Å². The van der Waals surface area contributed by atoms with Crippen molar-refractivity contribution in [2.45, 2.75) is 88.6 Å². The van der Waals surface area contributed by atoms with Gasteiger partial charge in [0.2, 0.25) is 0 Å². The number of nitrogens with one attached hydrogen (secondary N) is 4. The fourth-order valence-corrected chi connectivity index (χ4v) is 5.27. The van der Waals surface area contributed by atoms with E-state index in [9.17, 15) is 0 Å². The molecular formula is C21H34Cl3MnN5. The summed E-state index contributed by atoms with van der Waals surface area (Å²) in [6.45, 7) is 3.68. The number of hydrogen-bond donors (Lipinski definition) is 4. The molecule has 2 saturated carbocycles. The van der Waals surface area contributed by atoms with Crippen molar-refractivity contribution in [3.8, 4) is 0 Å². The van der Waals surface area contributed by atoms with Crippen molar-refractivity contribution >= 4 is 31.8 Å². The van der Waals surface area contributed by atoms with Gasteiger partial charge in [-0.1, -0.05) is 37.3 Å². The second kappa shape index (κ2) is 13.8. The van der Waals surface area contributed by atoms with Crippen LogP contribution in [0.1, 0.15) is 62.8 Å². The van der Waals surface area contributed by atoms with Crippen LogP contribution in [-0.2, 0) is 26.2 Å². The number of nitrogens with zero attached hydrogens (tertiary/aromatic N) is 1. The second-order valence-corrected chi connectivity index (χ2v) is 10.9. The van der Waals surface area contributed by atoms with E-state index in [2.05, 4.69) is 21.3 Å². The zero-order valence-electron chi connectivity index (χ0n) is 17.4. The molecule has 4 atom stereocenters. The summed E-state index contributed by atoms with van der Waals surface area (Å²) in [6, 6.07) is 6.18. The van der Waals surface area contributed by atoms with Crippen LogP contribution in [0, 0.1) is 0 Å². The molecule has 0 radical (unpaired) electrons. The average molecular weight is 518 g/mol. The van der Waals surface area contributed by atoms with Gasteiger partial charge in [-0.15, -0.1) is 0 Å². The van der Waals surface area contributed by atoms with Crippen molar-refractivity contribution in [1.29, 1.82) is 0 Å². The van der Waals surface area contributed by atoms with Gasteiger partial charge in [-0.25, -0.2) is 0 Å². The normalized spacial score (nSPS) is 30.5. The zero-order chi connectivity index (χ0) is 21.2. The van der Waals surface area contributed by atoms with Gasteiger partial charge in [-0.2, -0.15) is 0 Å². The first-order chi connectivity index (χ1) is 14.7. The van der Waals surface area contributed by atoms with Crippen LogP contribution in [0.15, 0.2) is 12.1 Å². The Hall–Kier alpha value is 0.379. The summed E-state index contributed by atoms with van der Waals surface area (Å²) in [4.78, 5) is 4.87. The quantitative estimate of drug-likeness (QED) is 0.390. The van der Waals surface area contributed by atoms with E-state index in [0.29, 0.717) is 24.2 Å². The molecule has 3 aliphatic rings. The van der Waals surface area contributed by atoms with E-state index in [1.807, 2.05) is 12.1 Å². The van der Waals surface area contributed by atoms with E-state index in [4.69, 9.17) is 36.8 Å². The SMILES string of the molecule is Clc1cc2nc(c1)CN[C@@H]1CCCCC1NCCN[C@@H]1CCCCC1NC2.[Cl][Mn][Cl]. The van der Waals surface area contributed by atoms with Gasteiger partial charge in [-0.3, -0.25) is 4.98 Å². The van der Waals surface area contributed by atoms with E-state index < -0.39 is 0 Å². The Balaban J connectivity index is 0.000000806. The summed E-state index contributed by atoms with van der Waals surface area (Å²) in [7, 11) is 9.59. The Morgan fingerprint density at radius 2 is 1.07 bits per heavy atom. The third kappa shape index (κ3) is 8.06. The van der Waals surface area contributed by atoms with Gasteiger partial charge in [0.25, 0.3) is 0 Å². The molecule has 4 rings (SSSR count). The summed E-state index contributed by atoms with van der Waals surface area (Å²) < 4.78 is 0. The first kappa shape index (κ1) is 25.0. The Bertz CT molecular complexity index is 590. The molecule has 0 aromatic carbocycles. The van der Waals surface area contributed by atoms with Crippen LogP contribution in [0.25, 0.3) is 0 Å². The molecule has 2 unspecified atom stereocenters. The van der Waals surface area contributed by atoms with Crippen LogP contribution in [0.2, 0.25) is 5.02 Å². The van der Waals surface area contributed by atoms with E-state index in [1.54, 1.807) is 0 Å². The Morgan fingerprint density at radius 1 is 0.700 bits per heavy atom. The molecule has 0 saturated heterocycles. The Kier molecular flexibility index (Phi) is 11.5. The third-order valence-corrected chi connectivity index (χ3v) is 6.68. The molecule has 30 heavy (non-hydrogen) atoms. The molecule has 5 nitrogen and oxygen atoms in total. The molecule has 9 heteroatoms. The van der Waals surface area contributed by atoms with Gasteiger partial charge in [-0.05, 0) is 37.8 Å². The van der Waals surface area contributed by atoms with Crippen molar-refractivity contribution in [2.75, 3.05) is 13.1 Å². The van der Waals surface area contributed by atoms with Crippen molar-refractivity contribution in [2.24, 2.45) is 0 Å². The molecule has 0 spiro atoms. The maximum absolute atomic E-state index is 6.39. The van der Waals surface area contributed by atoms with E-state index >= 15 is 0 Å². The van der Waals surface area contributed by atoms with Crippen LogP contribution in [0.5, 0.6) is 0 Å². The van der Waals surface area contributed by atoms with Crippen LogP contribution in [0.4, 0.5) is 0 Å². The molecule has 2 heterocycles. The molecule has 1 aromatic rings. The van der Waals surface area contributed by atoms with Crippen molar-refractivity contribution in [3.05, 3.63) is 28.5 Å². The monoisotopic (exact) mass is 516 g/mol. The molecule has 4 N–H and O–H groups in total. The number of aromatic nitrogens is 1. The molecule has 2 fully saturated rings. The predicted octanol–water partition coefficient (Wildman–Crippen LogP) is 4.11. The minimum absolute atomic E-state index is 0.00694. The molecule has 171 valence electrons. The predicted molar refractivity (Wildman–Crippen MR) is 123 cm³/mol. The van der Waals surface area contributed by atoms with Gasteiger partial charge in [0.1, 0.15) is 0 Å². The molecule has 2 aliphatic carbocycles. The van der Waals surface area contributed by atoms with Crippen LogP contribution >= 0.6 is 31.8 Å². The third-order valence-electron chi connectivity index (χ3n) is 6.46. The average Bonchev–Trinajstić information content (AvgIpc) is 2.75. The van der Waals surface area contributed by atoms with Gasteiger partial charge < -0.3 is 21.3 Å². The summed E-state index contributed by atoms with van der Waals surface area (Å²) in [6.07, 6.45) is 10.3. The number of pyridine rings is 1. The molecular weight excluding hydrogens is 484 g/mol. The first-order valence-electron chi connectivity index (χ1n) is 11.2. The van der Waals surface area contributed by atoms with Gasteiger partial charge in [0.05, 0.1) is 11.4 Å². The zero-order valence-corrected chi connectivity index (χ0v) is 20.9. The van der Waals surface area contributed by atoms with Gasteiger partial charge >= 0.3 is 33.3 Å². The summed E-state index contributed by atoms with van der Waals surface area (Å²) >= 11 is 6.40. The van der Waals surface area contributed by atoms with Crippen molar-refractivity contribution < 1.29 is 13.1 Å². The fourth-order valence-electron chi connectivity index (χ4n) is 5.02. The molecule has 1 aromatic heterocycles. The van der Waals surface area contributed by atoms with Crippen LogP contribution in [0.3, 0.4) is 0 Å². The number of fused-ring (bicyclic) bond motifs is 4. The maximum atomic E-state index is 6.39. The van der Waals surface area contributed by atoms with E-state index in [1.165, 1.54) is 51.4 Å². The standard InChI is InChI=1S/C21H34ClN5.2ClH.Mn/c22-15-11-16-13-25-20-7-3-1-5-18(20)23-9-10-24-19-6-2-4-8-21(19)26-14-17(12-15)27-16;;;/h11-12,18-21,23-26H,1-10,13-14H2;2*1H;/q;;;+2/p-2/t18-,19?,20?,21-;;;/m1.../s1.